The molecule has 1 unspecified atom stereocenters. The zero-order valence-electron chi connectivity index (χ0n) is 10.8. The molecule has 94 valence electrons. The molecule has 1 atom stereocenters. The van der Waals surface area contributed by atoms with Gasteiger partial charge in [0, 0.05) is 42.3 Å². The molecule has 0 amide bonds. The van der Waals surface area contributed by atoms with Gasteiger partial charge in [-0.2, -0.15) is 0 Å². The molecule has 0 spiro atoms. The predicted molar refractivity (Wildman–Crippen MR) is 69.2 cm³/mol. The minimum absolute atomic E-state index is 0.0613. The lowest BCUT2D eigenvalue weighted by molar-refractivity contribution is 0.281. The minimum atomic E-state index is 0.0613. The van der Waals surface area contributed by atoms with E-state index in [2.05, 4.69) is 34.9 Å². The summed E-state index contributed by atoms with van der Waals surface area (Å²) in [6.45, 7) is 4.14. The highest BCUT2D eigenvalue weighted by atomic mass is 16.3. The normalized spacial score (nSPS) is 20.3. The van der Waals surface area contributed by atoms with E-state index < -0.39 is 0 Å². The Morgan fingerprint density at radius 1 is 1.53 bits per heavy atom. The number of aryl methyl sites for hydroxylation is 1. The molecule has 1 saturated heterocycles. The van der Waals surface area contributed by atoms with Crippen LogP contribution in [0.1, 0.15) is 17.7 Å². The van der Waals surface area contributed by atoms with Gasteiger partial charge in [-0.3, -0.25) is 4.98 Å². The average Bonchev–Trinajstić information content (AvgIpc) is 2.78. The predicted octanol–water partition coefficient (Wildman–Crippen LogP) is 1.02. The third-order valence-corrected chi connectivity index (χ3v) is 3.50. The van der Waals surface area contributed by atoms with Gasteiger partial charge in [0.25, 0.3) is 0 Å². The van der Waals surface area contributed by atoms with Gasteiger partial charge in [-0.25, -0.2) is 0 Å². The Kier molecular flexibility index (Phi) is 3.64. The molecule has 1 aliphatic heterocycles. The highest BCUT2D eigenvalue weighted by Gasteiger charge is 2.25. The third-order valence-electron chi connectivity index (χ3n) is 3.50. The van der Waals surface area contributed by atoms with E-state index in [0.717, 1.165) is 30.0 Å². The summed E-state index contributed by atoms with van der Waals surface area (Å²) in [4.78, 5) is 8.86. The van der Waals surface area contributed by atoms with Gasteiger partial charge in [0.05, 0.1) is 6.61 Å². The van der Waals surface area contributed by atoms with Crippen LogP contribution in [-0.2, 0) is 6.61 Å². The van der Waals surface area contributed by atoms with Crippen LogP contribution in [0.15, 0.2) is 12.3 Å². The summed E-state index contributed by atoms with van der Waals surface area (Å²) in [6.07, 6.45) is 2.97. The second-order valence-electron chi connectivity index (χ2n) is 4.96. The van der Waals surface area contributed by atoms with Crippen molar-refractivity contribution in [3.05, 3.63) is 23.5 Å². The lowest BCUT2D eigenvalue weighted by Gasteiger charge is -2.23. The van der Waals surface area contributed by atoms with Crippen LogP contribution in [0.25, 0.3) is 0 Å². The van der Waals surface area contributed by atoms with Crippen LogP contribution < -0.4 is 4.90 Å². The second-order valence-corrected chi connectivity index (χ2v) is 4.96. The number of hydrogen-bond donors (Lipinski definition) is 1. The summed E-state index contributed by atoms with van der Waals surface area (Å²) in [5.74, 6) is 0. The Labute approximate surface area is 103 Å². The van der Waals surface area contributed by atoms with Crippen LogP contribution >= 0.6 is 0 Å². The van der Waals surface area contributed by atoms with E-state index in [1.54, 1.807) is 6.20 Å². The van der Waals surface area contributed by atoms with Crippen LogP contribution in [0.5, 0.6) is 0 Å². The van der Waals surface area contributed by atoms with Crippen molar-refractivity contribution >= 4 is 5.69 Å². The molecule has 1 N–H and O–H groups in total. The highest BCUT2D eigenvalue weighted by molar-refractivity contribution is 5.54. The molecule has 1 aliphatic rings. The summed E-state index contributed by atoms with van der Waals surface area (Å²) in [5.41, 5.74) is 3.07. The van der Waals surface area contributed by atoms with Crippen molar-refractivity contribution in [3.63, 3.8) is 0 Å². The number of nitrogens with zero attached hydrogens (tertiary/aromatic N) is 3. The van der Waals surface area contributed by atoms with Crippen LogP contribution in [-0.4, -0.2) is 48.2 Å². The van der Waals surface area contributed by atoms with Gasteiger partial charge in [0.1, 0.15) is 0 Å². The highest BCUT2D eigenvalue weighted by Crippen LogP contribution is 2.26. The van der Waals surface area contributed by atoms with Crippen molar-refractivity contribution in [1.29, 1.82) is 0 Å². The van der Waals surface area contributed by atoms with Gasteiger partial charge < -0.3 is 14.9 Å². The molecule has 2 rings (SSSR count). The first-order valence-electron chi connectivity index (χ1n) is 6.09. The van der Waals surface area contributed by atoms with E-state index in [-0.39, 0.29) is 6.61 Å². The van der Waals surface area contributed by atoms with Gasteiger partial charge in [-0.1, -0.05) is 0 Å². The Bertz CT molecular complexity index is 392. The topological polar surface area (TPSA) is 39.6 Å². The number of aromatic nitrogens is 1. The number of aliphatic hydroxyl groups is 1. The minimum Gasteiger partial charge on any atom is -0.392 e. The lowest BCUT2D eigenvalue weighted by Crippen LogP contribution is -2.31. The molecule has 0 aliphatic carbocycles. The largest absolute Gasteiger partial charge is 0.392 e. The van der Waals surface area contributed by atoms with Crippen LogP contribution in [0.2, 0.25) is 0 Å². The van der Waals surface area contributed by atoms with Gasteiger partial charge in [-0.05, 0) is 33.5 Å². The fraction of sp³-hybridized carbons (Fsp3) is 0.615. The maximum atomic E-state index is 9.37. The first kappa shape index (κ1) is 12.3. The molecule has 4 nitrogen and oxygen atoms in total. The Morgan fingerprint density at radius 3 is 2.88 bits per heavy atom. The van der Waals surface area contributed by atoms with Crippen molar-refractivity contribution in [1.82, 2.24) is 9.88 Å². The Balaban J connectivity index is 2.20. The molecular weight excluding hydrogens is 214 g/mol. The third kappa shape index (κ3) is 2.58. The van der Waals surface area contributed by atoms with E-state index in [4.69, 9.17) is 0 Å². The first-order chi connectivity index (χ1) is 8.11. The zero-order chi connectivity index (χ0) is 12.4. The van der Waals surface area contributed by atoms with Crippen LogP contribution in [0.3, 0.4) is 0 Å². The van der Waals surface area contributed by atoms with Crippen LogP contribution in [0.4, 0.5) is 5.69 Å². The summed E-state index contributed by atoms with van der Waals surface area (Å²) in [7, 11) is 4.25. The van der Waals surface area contributed by atoms with Gasteiger partial charge in [0.15, 0.2) is 0 Å². The summed E-state index contributed by atoms with van der Waals surface area (Å²) >= 11 is 0. The molecular formula is C13H21N3O. The maximum absolute atomic E-state index is 9.37. The van der Waals surface area contributed by atoms with E-state index >= 15 is 0 Å². The zero-order valence-corrected chi connectivity index (χ0v) is 10.8. The molecule has 0 aromatic carbocycles. The molecule has 1 fully saturated rings. The van der Waals surface area contributed by atoms with Crippen molar-refractivity contribution in [2.45, 2.75) is 26.0 Å². The molecule has 2 heterocycles. The standard InChI is InChI=1S/C13H21N3O/c1-10-6-13(11(9-17)7-14-10)16-5-4-12(8-16)15(2)3/h6-7,12,17H,4-5,8-9H2,1-3H3. The quantitative estimate of drug-likeness (QED) is 0.849. The SMILES string of the molecule is Cc1cc(N2CCC(N(C)C)C2)c(CO)cn1. The van der Waals surface area contributed by atoms with Crippen molar-refractivity contribution in [2.75, 3.05) is 32.1 Å². The van der Waals surface area contributed by atoms with E-state index in [9.17, 15) is 5.11 Å². The van der Waals surface area contributed by atoms with Crippen LogP contribution in [0, 0.1) is 6.92 Å². The number of hydrogen-bond acceptors (Lipinski definition) is 4. The van der Waals surface area contributed by atoms with Crippen molar-refractivity contribution in [3.8, 4) is 0 Å². The number of likely N-dealkylation sites (N-methyl/N-ethyl adjacent to an activating group) is 1. The average molecular weight is 235 g/mol. The van der Waals surface area contributed by atoms with E-state index in [1.165, 1.54) is 6.42 Å². The lowest BCUT2D eigenvalue weighted by atomic mass is 10.2. The summed E-state index contributed by atoms with van der Waals surface area (Å²) in [6, 6.07) is 2.68. The molecule has 17 heavy (non-hydrogen) atoms. The first-order valence-corrected chi connectivity index (χ1v) is 6.09. The van der Waals surface area contributed by atoms with E-state index in [1.807, 2.05) is 6.92 Å². The van der Waals surface area contributed by atoms with Crippen molar-refractivity contribution < 1.29 is 5.11 Å². The number of anilines is 1. The van der Waals surface area contributed by atoms with Crippen molar-refractivity contribution in [2.24, 2.45) is 0 Å². The molecule has 0 saturated carbocycles. The molecule has 4 heteroatoms. The maximum Gasteiger partial charge on any atom is 0.0717 e. The molecule has 1 aromatic rings. The smallest absolute Gasteiger partial charge is 0.0717 e. The summed E-state index contributed by atoms with van der Waals surface area (Å²) in [5, 5.41) is 9.37. The number of pyridine rings is 1. The Morgan fingerprint density at radius 2 is 2.29 bits per heavy atom. The van der Waals surface area contributed by atoms with E-state index in [0.29, 0.717) is 6.04 Å². The monoisotopic (exact) mass is 235 g/mol. The Hall–Kier alpha value is -1.13. The van der Waals surface area contributed by atoms with Gasteiger partial charge >= 0.3 is 0 Å². The second kappa shape index (κ2) is 5.02. The molecule has 0 bridgehead atoms. The fourth-order valence-electron chi connectivity index (χ4n) is 2.37. The van der Waals surface area contributed by atoms with Gasteiger partial charge in [0.2, 0.25) is 0 Å². The molecule has 0 radical (unpaired) electrons. The molecule has 1 aromatic heterocycles. The summed E-state index contributed by atoms with van der Waals surface area (Å²) < 4.78 is 0. The number of aliphatic hydroxyl groups excluding tert-OH is 1. The van der Waals surface area contributed by atoms with Gasteiger partial charge in [-0.15, -0.1) is 0 Å². The number of rotatable bonds is 3. The fourth-order valence-corrected chi connectivity index (χ4v) is 2.37.